The van der Waals surface area contributed by atoms with Gasteiger partial charge < -0.3 is 26.6 Å². The molecule has 0 bridgehead atoms. The first kappa shape index (κ1) is 16.4. The van der Waals surface area contributed by atoms with Crippen LogP contribution in [0.2, 0.25) is 0 Å². The molecule has 0 aliphatic rings. The van der Waals surface area contributed by atoms with E-state index in [9.17, 15) is 14.4 Å². The monoisotopic (exact) mass is 295 g/mol. The fraction of sp³-hybridized carbons (Fsp3) is 0.308. The summed E-state index contributed by atoms with van der Waals surface area (Å²) in [5.41, 5.74) is 11.1. The molecule has 0 radical (unpaired) electrons. The molecule has 0 aliphatic heterocycles. The number of rotatable bonds is 8. The number of hydrogen-bond donors (Lipinski definition) is 4. The average Bonchev–Trinajstić information content (AvgIpc) is 2.45. The highest BCUT2D eigenvalue weighted by Gasteiger charge is 2.17. The minimum Gasteiger partial charge on any atom is -0.482 e. The molecule has 1 aromatic rings. The van der Waals surface area contributed by atoms with Crippen molar-refractivity contribution in [1.29, 1.82) is 0 Å². The number of aliphatic carboxylic acids is 1. The first-order chi connectivity index (χ1) is 9.92. The number of ether oxygens (including phenoxy) is 1. The summed E-state index contributed by atoms with van der Waals surface area (Å²) >= 11 is 0. The van der Waals surface area contributed by atoms with Crippen LogP contribution in [0.15, 0.2) is 24.3 Å². The molecule has 0 saturated heterocycles. The van der Waals surface area contributed by atoms with Crippen molar-refractivity contribution >= 4 is 17.8 Å². The fourth-order valence-corrected chi connectivity index (χ4v) is 1.58. The van der Waals surface area contributed by atoms with Crippen LogP contribution in [0.5, 0.6) is 5.75 Å². The molecular formula is C13H17N3O5. The van der Waals surface area contributed by atoms with Gasteiger partial charge in [0.2, 0.25) is 11.8 Å². The Labute approximate surface area is 121 Å². The first-order valence-corrected chi connectivity index (χ1v) is 6.14. The van der Waals surface area contributed by atoms with Gasteiger partial charge in [0.05, 0.1) is 6.54 Å². The molecule has 0 unspecified atom stereocenters. The average molecular weight is 295 g/mol. The van der Waals surface area contributed by atoms with E-state index >= 15 is 0 Å². The molecule has 6 N–H and O–H groups in total. The van der Waals surface area contributed by atoms with E-state index in [0.717, 1.165) is 5.56 Å². The Balaban J connectivity index is 2.65. The fourth-order valence-electron chi connectivity index (χ4n) is 1.58. The highest BCUT2D eigenvalue weighted by molar-refractivity contribution is 5.87. The zero-order chi connectivity index (χ0) is 15.8. The maximum Gasteiger partial charge on any atom is 0.341 e. The standard InChI is InChI=1S/C13H17N3O5/c14-6-11(17)16-10(13(15)20)5-8-1-3-9(4-2-8)21-7-12(18)19/h1-4,10H,5-7,14H2,(H2,15,20)(H,16,17)(H,18,19)/t10-/m0/s1. The molecule has 0 spiro atoms. The zero-order valence-corrected chi connectivity index (χ0v) is 11.2. The molecule has 0 aromatic heterocycles. The Morgan fingerprint density at radius 3 is 2.33 bits per heavy atom. The molecule has 1 atom stereocenters. The zero-order valence-electron chi connectivity index (χ0n) is 11.2. The Morgan fingerprint density at radius 1 is 1.24 bits per heavy atom. The Bertz CT molecular complexity index is 515. The Kier molecular flexibility index (Phi) is 6.15. The molecule has 0 saturated carbocycles. The molecular weight excluding hydrogens is 278 g/mol. The lowest BCUT2D eigenvalue weighted by molar-refractivity contribution is -0.139. The van der Waals surface area contributed by atoms with E-state index in [1.165, 1.54) is 0 Å². The van der Waals surface area contributed by atoms with Gasteiger partial charge in [-0.1, -0.05) is 12.1 Å². The van der Waals surface area contributed by atoms with Gasteiger partial charge in [-0.25, -0.2) is 4.79 Å². The third kappa shape index (κ3) is 5.91. The third-order valence-electron chi connectivity index (χ3n) is 2.59. The summed E-state index contributed by atoms with van der Waals surface area (Å²) in [6, 6.07) is 5.60. The van der Waals surface area contributed by atoms with Gasteiger partial charge in [-0.3, -0.25) is 9.59 Å². The van der Waals surface area contributed by atoms with Crippen LogP contribution in [-0.4, -0.2) is 42.1 Å². The van der Waals surface area contributed by atoms with Crippen molar-refractivity contribution in [3.8, 4) is 5.75 Å². The lowest BCUT2D eigenvalue weighted by Gasteiger charge is -2.15. The van der Waals surface area contributed by atoms with E-state index in [1.807, 2.05) is 0 Å². The van der Waals surface area contributed by atoms with Gasteiger partial charge >= 0.3 is 5.97 Å². The van der Waals surface area contributed by atoms with Crippen molar-refractivity contribution in [1.82, 2.24) is 5.32 Å². The van der Waals surface area contributed by atoms with E-state index in [-0.39, 0.29) is 13.0 Å². The number of benzene rings is 1. The van der Waals surface area contributed by atoms with Crippen molar-refractivity contribution < 1.29 is 24.2 Å². The summed E-state index contributed by atoms with van der Waals surface area (Å²) in [6.45, 7) is -0.665. The topological polar surface area (TPSA) is 145 Å². The maximum absolute atomic E-state index is 11.3. The van der Waals surface area contributed by atoms with E-state index in [2.05, 4.69) is 5.32 Å². The third-order valence-corrected chi connectivity index (χ3v) is 2.59. The van der Waals surface area contributed by atoms with E-state index < -0.39 is 30.4 Å². The largest absolute Gasteiger partial charge is 0.482 e. The highest BCUT2D eigenvalue weighted by Crippen LogP contribution is 2.13. The number of amides is 2. The van der Waals surface area contributed by atoms with Crippen LogP contribution in [-0.2, 0) is 20.8 Å². The van der Waals surface area contributed by atoms with Gasteiger partial charge in [0.25, 0.3) is 0 Å². The van der Waals surface area contributed by atoms with Crippen LogP contribution >= 0.6 is 0 Å². The number of hydrogen-bond acceptors (Lipinski definition) is 5. The van der Waals surface area contributed by atoms with Crippen LogP contribution in [0.4, 0.5) is 0 Å². The number of carboxylic acid groups (broad SMARTS) is 1. The molecule has 1 aromatic carbocycles. The number of primary amides is 1. The Hall–Kier alpha value is -2.61. The summed E-state index contributed by atoms with van der Waals surface area (Å²) in [6.07, 6.45) is 0.209. The number of nitrogens with two attached hydrogens (primary N) is 2. The Morgan fingerprint density at radius 2 is 1.86 bits per heavy atom. The summed E-state index contributed by atoms with van der Waals surface area (Å²) in [7, 11) is 0. The van der Waals surface area contributed by atoms with Gasteiger partial charge in [0.1, 0.15) is 11.8 Å². The second kappa shape index (κ2) is 7.85. The minimum atomic E-state index is -1.07. The second-order valence-electron chi connectivity index (χ2n) is 4.26. The summed E-state index contributed by atoms with van der Waals surface area (Å²) in [5.74, 6) is -1.82. The highest BCUT2D eigenvalue weighted by atomic mass is 16.5. The molecule has 114 valence electrons. The molecule has 8 heteroatoms. The molecule has 0 aliphatic carbocycles. The summed E-state index contributed by atoms with van der Waals surface area (Å²) in [4.78, 5) is 32.8. The molecule has 8 nitrogen and oxygen atoms in total. The van der Waals surface area contributed by atoms with E-state index in [4.69, 9.17) is 21.3 Å². The molecule has 0 fully saturated rings. The maximum atomic E-state index is 11.3. The molecule has 1 rings (SSSR count). The van der Waals surface area contributed by atoms with Gasteiger partial charge in [-0.2, -0.15) is 0 Å². The molecule has 2 amide bonds. The number of nitrogens with one attached hydrogen (secondary N) is 1. The van der Waals surface area contributed by atoms with Crippen LogP contribution in [0.25, 0.3) is 0 Å². The SMILES string of the molecule is NCC(=O)N[C@@H](Cc1ccc(OCC(=O)O)cc1)C(N)=O. The summed E-state index contributed by atoms with van der Waals surface area (Å²) in [5, 5.41) is 10.9. The predicted octanol–water partition coefficient (Wildman–Crippen LogP) is -1.38. The van der Waals surface area contributed by atoms with Gasteiger partial charge in [-0.05, 0) is 17.7 Å². The van der Waals surface area contributed by atoms with Crippen molar-refractivity contribution in [2.24, 2.45) is 11.5 Å². The van der Waals surface area contributed by atoms with Crippen molar-refractivity contribution in [2.45, 2.75) is 12.5 Å². The lowest BCUT2D eigenvalue weighted by Crippen LogP contribution is -2.47. The number of carbonyl (C=O) groups excluding carboxylic acids is 2. The van der Waals surface area contributed by atoms with Crippen LogP contribution in [0.3, 0.4) is 0 Å². The molecule has 0 heterocycles. The molecule has 21 heavy (non-hydrogen) atoms. The van der Waals surface area contributed by atoms with Gasteiger partial charge in [-0.15, -0.1) is 0 Å². The van der Waals surface area contributed by atoms with E-state index in [0.29, 0.717) is 5.75 Å². The van der Waals surface area contributed by atoms with Crippen LogP contribution in [0.1, 0.15) is 5.56 Å². The second-order valence-corrected chi connectivity index (χ2v) is 4.26. The van der Waals surface area contributed by atoms with Crippen molar-refractivity contribution in [2.75, 3.05) is 13.2 Å². The number of carbonyl (C=O) groups is 3. The van der Waals surface area contributed by atoms with Gasteiger partial charge in [0.15, 0.2) is 6.61 Å². The van der Waals surface area contributed by atoms with Gasteiger partial charge in [0, 0.05) is 6.42 Å². The van der Waals surface area contributed by atoms with E-state index in [1.54, 1.807) is 24.3 Å². The van der Waals surface area contributed by atoms with Crippen molar-refractivity contribution in [3.05, 3.63) is 29.8 Å². The smallest absolute Gasteiger partial charge is 0.341 e. The first-order valence-electron chi connectivity index (χ1n) is 6.14. The minimum absolute atomic E-state index is 0.209. The van der Waals surface area contributed by atoms with Crippen molar-refractivity contribution in [3.63, 3.8) is 0 Å². The van der Waals surface area contributed by atoms with Crippen LogP contribution in [0, 0.1) is 0 Å². The number of carboxylic acids is 1. The summed E-state index contributed by atoms with van der Waals surface area (Å²) < 4.78 is 4.98. The lowest BCUT2D eigenvalue weighted by atomic mass is 10.1. The normalized spacial score (nSPS) is 11.5. The quantitative estimate of drug-likeness (QED) is 0.465. The predicted molar refractivity (Wildman–Crippen MR) is 73.5 cm³/mol. The van der Waals surface area contributed by atoms with Crippen LogP contribution < -0.4 is 21.5 Å².